The Morgan fingerprint density at radius 2 is 1.77 bits per heavy atom. The lowest BCUT2D eigenvalue weighted by Crippen LogP contribution is -2.28. The molecule has 0 radical (unpaired) electrons. The number of anilines is 1. The van der Waals surface area contributed by atoms with E-state index >= 15 is 0 Å². The van der Waals surface area contributed by atoms with Gasteiger partial charge in [0, 0.05) is 30.4 Å². The number of aromatic nitrogens is 4. The molecule has 0 fully saturated rings. The highest BCUT2D eigenvalue weighted by molar-refractivity contribution is 5.98. The molecule has 0 saturated heterocycles. The van der Waals surface area contributed by atoms with Crippen LogP contribution in [0.15, 0.2) is 79.3 Å². The zero-order valence-corrected chi connectivity index (χ0v) is 18.7. The van der Waals surface area contributed by atoms with Crippen LogP contribution in [0.5, 0.6) is 0 Å². The summed E-state index contributed by atoms with van der Waals surface area (Å²) in [5.41, 5.74) is 7.17. The van der Waals surface area contributed by atoms with E-state index < -0.39 is 0 Å². The zero-order chi connectivity index (χ0) is 23.9. The molecule has 3 heterocycles. The Labute approximate surface area is 200 Å². The third-order valence-corrected chi connectivity index (χ3v) is 6.09. The van der Waals surface area contributed by atoms with Crippen LogP contribution in [-0.4, -0.2) is 31.8 Å². The monoisotopic (exact) mass is 460 g/mol. The Morgan fingerprint density at radius 3 is 2.63 bits per heavy atom. The summed E-state index contributed by atoms with van der Waals surface area (Å²) in [4.78, 5) is 41.1. The summed E-state index contributed by atoms with van der Waals surface area (Å²) in [6.45, 7) is 1.40. The van der Waals surface area contributed by atoms with Gasteiger partial charge in [-0.2, -0.15) is 0 Å². The molecular formula is C27H20N6O2. The Hall–Kier alpha value is -4.85. The summed E-state index contributed by atoms with van der Waals surface area (Å²) in [5, 5.41) is 5.79. The van der Waals surface area contributed by atoms with Gasteiger partial charge < -0.3 is 15.6 Å². The molecule has 0 spiro atoms. The maximum atomic E-state index is 13.3. The number of pyridine rings is 2. The lowest BCUT2D eigenvalue weighted by molar-refractivity contribution is -0.114. The highest BCUT2D eigenvalue weighted by Crippen LogP contribution is 2.47. The maximum Gasteiger partial charge on any atom is 0.252 e. The van der Waals surface area contributed by atoms with Crippen molar-refractivity contribution in [3.63, 3.8) is 0 Å². The van der Waals surface area contributed by atoms with Crippen molar-refractivity contribution < 1.29 is 9.59 Å². The summed E-state index contributed by atoms with van der Waals surface area (Å²) < 4.78 is 0. The topological polar surface area (TPSA) is 113 Å². The number of carbonyl (C=O) groups excluding carboxylic acids is 2. The van der Waals surface area contributed by atoms with Gasteiger partial charge in [-0.05, 0) is 40.5 Å². The summed E-state index contributed by atoms with van der Waals surface area (Å²) in [5.74, 6) is 0.578. The highest BCUT2D eigenvalue weighted by Gasteiger charge is 2.32. The van der Waals surface area contributed by atoms with E-state index in [1.165, 1.54) is 13.1 Å². The van der Waals surface area contributed by atoms with E-state index in [0.717, 1.165) is 44.7 Å². The van der Waals surface area contributed by atoms with Crippen molar-refractivity contribution in [3.05, 3.63) is 95.9 Å². The van der Waals surface area contributed by atoms with Crippen LogP contribution in [0.25, 0.3) is 33.5 Å². The van der Waals surface area contributed by atoms with Gasteiger partial charge in [0.1, 0.15) is 11.6 Å². The van der Waals surface area contributed by atoms with Crippen LogP contribution in [0.1, 0.15) is 34.5 Å². The minimum Gasteiger partial charge on any atom is -0.341 e. The SMILES string of the molecule is CC(=O)Nc1cc(C(=O)N[C@@H]2c3ccccc3-c3c(-c4nc5ccncc5[nH]4)cccc32)ccn1. The Balaban J connectivity index is 1.42. The predicted octanol–water partition coefficient (Wildman–Crippen LogP) is 4.48. The molecule has 6 rings (SSSR count). The lowest BCUT2D eigenvalue weighted by Gasteiger charge is -2.16. The van der Waals surface area contributed by atoms with E-state index in [1.807, 2.05) is 42.5 Å². The van der Waals surface area contributed by atoms with Gasteiger partial charge in [0.25, 0.3) is 5.91 Å². The smallest absolute Gasteiger partial charge is 0.252 e. The van der Waals surface area contributed by atoms with E-state index in [2.05, 4.69) is 31.7 Å². The zero-order valence-electron chi connectivity index (χ0n) is 18.7. The molecule has 8 heteroatoms. The van der Waals surface area contributed by atoms with Crippen LogP contribution in [-0.2, 0) is 4.79 Å². The van der Waals surface area contributed by atoms with Crippen LogP contribution in [0, 0.1) is 0 Å². The van der Waals surface area contributed by atoms with Crippen molar-refractivity contribution in [2.24, 2.45) is 0 Å². The lowest BCUT2D eigenvalue weighted by atomic mass is 9.98. The molecule has 5 aromatic rings. The molecule has 170 valence electrons. The number of fused-ring (bicyclic) bond motifs is 4. The number of carbonyl (C=O) groups is 2. The number of imidazole rings is 1. The van der Waals surface area contributed by atoms with E-state index in [9.17, 15) is 9.59 Å². The number of hydrogen-bond acceptors (Lipinski definition) is 5. The van der Waals surface area contributed by atoms with Gasteiger partial charge in [-0.15, -0.1) is 0 Å². The van der Waals surface area contributed by atoms with E-state index in [4.69, 9.17) is 4.98 Å². The summed E-state index contributed by atoms with van der Waals surface area (Å²) in [7, 11) is 0. The normalized spacial score (nSPS) is 13.8. The fourth-order valence-corrected chi connectivity index (χ4v) is 4.63. The second kappa shape index (κ2) is 8.18. The molecule has 0 saturated carbocycles. The first-order chi connectivity index (χ1) is 17.1. The van der Waals surface area contributed by atoms with Crippen molar-refractivity contribution in [1.29, 1.82) is 0 Å². The van der Waals surface area contributed by atoms with E-state index in [1.54, 1.807) is 24.5 Å². The van der Waals surface area contributed by atoms with Gasteiger partial charge >= 0.3 is 0 Å². The number of H-pyrrole nitrogens is 1. The number of aromatic amines is 1. The standard InChI is InChI=1S/C27H20N6O2/c1-15(34)30-23-13-16(9-12-29-23)27(35)33-25-18-6-3-2-5-17(18)24-19(25)7-4-8-20(24)26-31-21-10-11-28-14-22(21)32-26/h2-14,25H,1H3,(H,31,32)(H,33,35)(H,29,30,34)/t25-/m1/s1. The molecule has 3 aromatic heterocycles. The third kappa shape index (κ3) is 3.61. The average molecular weight is 460 g/mol. The molecule has 2 aromatic carbocycles. The second-order valence-electron chi connectivity index (χ2n) is 8.35. The Bertz CT molecular complexity index is 1590. The number of rotatable bonds is 4. The van der Waals surface area contributed by atoms with E-state index in [0.29, 0.717) is 11.4 Å². The molecule has 3 N–H and O–H groups in total. The largest absolute Gasteiger partial charge is 0.341 e. The number of hydrogen-bond donors (Lipinski definition) is 3. The van der Waals surface area contributed by atoms with Gasteiger partial charge in [-0.1, -0.05) is 42.5 Å². The summed E-state index contributed by atoms with van der Waals surface area (Å²) >= 11 is 0. The number of amides is 2. The van der Waals surface area contributed by atoms with Gasteiger partial charge in [0.15, 0.2) is 0 Å². The van der Waals surface area contributed by atoms with E-state index in [-0.39, 0.29) is 17.9 Å². The van der Waals surface area contributed by atoms with Crippen LogP contribution in [0.2, 0.25) is 0 Å². The van der Waals surface area contributed by atoms with Gasteiger partial charge in [0.05, 0.1) is 23.3 Å². The fraction of sp³-hybridized carbons (Fsp3) is 0.0741. The van der Waals surface area contributed by atoms with Crippen LogP contribution < -0.4 is 10.6 Å². The van der Waals surface area contributed by atoms with Crippen LogP contribution in [0.3, 0.4) is 0 Å². The van der Waals surface area contributed by atoms with Crippen molar-refractivity contribution in [1.82, 2.24) is 25.3 Å². The van der Waals surface area contributed by atoms with Gasteiger partial charge in [-0.3, -0.25) is 14.6 Å². The predicted molar refractivity (Wildman–Crippen MR) is 133 cm³/mol. The van der Waals surface area contributed by atoms with Crippen molar-refractivity contribution in [2.45, 2.75) is 13.0 Å². The second-order valence-corrected chi connectivity index (χ2v) is 8.35. The van der Waals surface area contributed by atoms with Crippen LogP contribution >= 0.6 is 0 Å². The number of nitrogens with zero attached hydrogens (tertiary/aromatic N) is 3. The fourth-order valence-electron chi connectivity index (χ4n) is 4.63. The van der Waals surface area contributed by atoms with Gasteiger partial charge in [-0.25, -0.2) is 9.97 Å². The molecule has 35 heavy (non-hydrogen) atoms. The maximum absolute atomic E-state index is 13.3. The first kappa shape index (κ1) is 20.7. The van der Waals surface area contributed by atoms with Crippen molar-refractivity contribution in [2.75, 3.05) is 5.32 Å². The molecular weight excluding hydrogens is 440 g/mol. The Kier molecular flexibility index (Phi) is 4.84. The first-order valence-electron chi connectivity index (χ1n) is 11.2. The molecule has 0 bridgehead atoms. The minimum atomic E-state index is -0.336. The molecule has 0 unspecified atom stereocenters. The molecule has 1 atom stereocenters. The average Bonchev–Trinajstić information content (AvgIpc) is 3.44. The van der Waals surface area contributed by atoms with Crippen molar-refractivity contribution in [3.8, 4) is 22.5 Å². The molecule has 0 aliphatic heterocycles. The Morgan fingerprint density at radius 1 is 0.943 bits per heavy atom. The van der Waals surface area contributed by atoms with Crippen molar-refractivity contribution >= 4 is 28.7 Å². The molecule has 8 nitrogen and oxygen atoms in total. The summed E-state index contributed by atoms with van der Waals surface area (Å²) in [6, 6.07) is 18.8. The molecule has 1 aliphatic rings. The molecule has 2 amide bonds. The number of benzene rings is 2. The quantitative estimate of drug-likeness (QED) is 0.366. The number of nitrogens with one attached hydrogen (secondary N) is 3. The minimum absolute atomic E-state index is 0.248. The van der Waals surface area contributed by atoms with Gasteiger partial charge in [0.2, 0.25) is 5.91 Å². The summed E-state index contributed by atoms with van der Waals surface area (Å²) in [6.07, 6.45) is 4.99. The first-order valence-corrected chi connectivity index (χ1v) is 11.2. The third-order valence-electron chi connectivity index (χ3n) is 6.09. The highest BCUT2D eigenvalue weighted by atomic mass is 16.2. The van der Waals surface area contributed by atoms with Crippen LogP contribution in [0.4, 0.5) is 5.82 Å². The molecule has 1 aliphatic carbocycles.